The molecular weight excluding hydrogens is 284 g/mol. The van der Waals surface area contributed by atoms with Crippen LogP contribution in [0.4, 0.5) is 10.9 Å². The first-order valence-corrected chi connectivity index (χ1v) is 8.61. The van der Waals surface area contributed by atoms with Crippen LogP contribution in [-0.4, -0.2) is 30.0 Å². The fourth-order valence-corrected chi connectivity index (χ4v) is 3.76. The van der Waals surface area contributed by atoms with Crippen molar-refractivity contribution in [3.8, 4) is 0 Å². The molecule has 1 saturated heterocycles. The number of nitrogen functional groups attached to an aromatic ring is 1. The summed E-state index contributed by atoms with van der Waals surface area (Å²) in [4.78, 5) is 19.6. The lowest BCUT2D eigenvalue weighted by atomic mass is 10.2. The quantitative estimate of drug-likeness (QED) is 0.900. The Morgan fingerprint density at radius 3 is 2.52 bits per heavy atom. The van der Waals surface area contributed by atoms with Crippen molar-refractivity contribution in [2.75, 3.05) is 23.7 Å². The van der Waals surface area contributed by atoms with Gasteiger partial charge in [-0.3, -0.25) is 4.79 Å². The van der Waals surface area contributed by atoms with Crippen molar-refractivity contribution in [3.63, 3.8) is 0 Å². The van der Waals surface area contributed by atoms with Gasteiger partial charge < -0.3 is 16.0 Å². The second kappa shape index (κ2) is 5.48. The number of anilines is 2. The van der Waals surface area contributed by atoms with Crippen LogP contribution in [-0.2, 0) is 0 Å². The zero-order valence-electron chi connectivity index (χ0n) is 12.8. The molecule has 5 nitrogen and oxygen atoms in total. The number of thiazole rings is 1. The van der Waals surface area contributed by atoms with Crippen LogP contribution in [0, 0.1) is 5.41 Å². The number of hydrogen-bond donors (Lipinski definition) is 2. The minimum absolute atomic E-state index is 0.0679. The van der Waals surface area contributed by atoms with E-state index in [1.165, 1.54) is 37.0 Å². The Hall–Kier alpha value is -1.30. The Morgan fingerprint density at radius 2 is 1.95 bits per heavy atom. The highest BCUT2D eigenvalue weighted by Gasteiger charge is 2.46. The van der Waals surface area contributed by atoms with Gasteiger partial charge in [-0.1, -0.05) is 38.0 Å². The van der Waals surface area contributed by atoms with Crippen molar-refractivity contribution in [3.05, 3.63) is 4.88 Å². The van der Waals surface area contributed by atoms with Crippen LogP contribution in [0.25, 0.3) is 0 Å². The van der Waals surface area contributed by atoms with Gasteiger partial charge in [0.05, 0.1) is 0 Å². The number of rotatable bonds is 3. The largest absolute Gasteiger partial charge is 0.382 e. The maximum Gasteiger partial charge on any atom is 0.265 e. The van der Waals surface area contributed by atoms with E-state index in [-0.39, 0.29) is 17.4 Å². The van der Waals surface area contributed by atoms with Crippen LogP contribution >= 0.6 is 11.3 Å². The van der Waals surface area contributed by atoms with Gasteiger partial charge in [-0.25, -0.2) is 4.98 Å². The van der Waals surface area contributed by atoms with Gasteiger partial charge in [0.15, 0.2) is 5.13 Å². The number of nitrogens with two attached hydrogens (primary N) is 1. The Labute approximate surface area is 129 Å². The third kappa shape index (κ3) is 3.15. The first kappa shape index (κ1) is 14.6. The molecule has 1 atom stereocenters. The molecule has 1 amide bonds. The Balaban J connectivity index is 1.70. The summed E-state index contributed by atoms with van der Waals surface area (Å²) in [6, 6.07) is 0.271. The fourth-order valence-electron chi connectivity index (χ4n) is 2.82. The van der Waals surface area contributed by atoms with Gasteiger partial charge in [-0.15, -0.1) is 0 Å². The van der Waals surface area contributed by atoms with E-state index in [1.54, 1.807) is 0 Å². The molecule has 1 aliphatic heterocycles. The predicted octanol–water partition coefficient (Wildman–Crippen LogP) is 2.63. The first-order valence-electron chi connectivity index (χ1n) is 7.79. The van der Waals surface area contributed by atoms with Crippen molar-refractivity contribution in [1.82, 2.24) is 10.3 Å². The molecule has 0 spiro atoms. The molecule has 3 N–H and O–H groups in total. The molecule has 6 heteroatoms. The van der Waals surface area contributed by atoms with Gasteiger partial charge in [-0.2, -0.15) is 0 Å². The van der Waals surface area contributed by atoms with Gasteiger partial charge in [0.1, 0.15) is 10.7 Å². The molecule has 1 unspecified atom stereocenters. The normalized spacial score (nSPS) is 24.5. The third-order valence-electron chi connectivity index (χ3n) is 4.54. The smallest absolute Gasteiger partial charge is 0.265 e. The van der Waals surface area contributed by atoms with E-state index in [0.29, 0.717) is 10.7 Å². The number of aromatic nitrogens is 1. The van der Waals surface area contributed by atoms with Crippen LogP contribution in [0.2, 0.25) is 0 Å². The highest BCUT2D eigenvalue weighted by Crippen LogP contribution is 2.45. The number of carbonyl (C=O) groups excluding carboxylic acids is 1. The number of carbonyl (C=O) groups is 1. The summed E-state index contributed by atoms with van der Waals surface area (Å²) in [5, 5.41) is 3.96. The molecule has 116 valence electrons. The number of nitrogens with one attached hydrogen (secondary N) is 1. The Bertz CT molecular complexity index is 532. The van der Waals surface area contributed by atoms with Crippen molar-refractivity contribution in [2.24, 2.45) is 5.41 Å². The molecule has 2 heterocycles. The second-order valence-electron chi connectivity index (χ2n) is 6.83. The lowest BCUT2D eigenvalue weighted by molar-refractivity contribution is 0.0951. The first-order chi connectivity index (χ1) is 9.97. The molecule has 1 aliphatic carbocycles. The summed E-state index contributed by atoms with van der Waals surface area (Å²) in [5.41, 5.74) is 6.19. The summed E-state index contributed by atoms with van der Waals surface area (Å²) in [6.07, 6.45) is 5.98. The maximum atomic E-state index is 12.3. The van der Waals surface area contributed by atoms with E-state index < -0.39 is 0 Å². The van der Waals surface area contributed by atoms with E-state index in [1.807, 2.05) is 0 Å². The standard InChI is InChI=1S/C15H24N4OS/c1-15(2)9-10(15)17-13(20)11-12(16)18-14(21-11)19-7-5-3-4-6-8-19/h10H,3-9,16H2,1-2H3,(H,17,20). The van der Waals surface area contributed by atoms with Crippen molar-refractivity contribution in [2.45, 2.75) is 52.0 Å². The minimum atomic E-state index is -0.0679. The number of amides is 1. The monoisotopic (exact) mass is 308 g/mol. The van der Waals surface area contributed by atoms with Gasteiger partial charge in [0, 0.05) is 19.1 Å². The lowest BCUT2D eigenvalue weighted by Crippen LogP contribution is -2.28. The third-order valence-corrected chi connectivity index (χ3v) is 5.67. The van der Waals surface area contributed by atoms with Crippen molar-refractivity contribution in [1.29, 1.82) is 0 Å². The topological polar surface area (TPSA) is 71.2 Å². The summed E-state index contributed by atoms with van der Waals surface area (Å²) in [5.74, 6) is 0.303. The van der Waals surface area contributed by atoms with Gasteiger partial charge in [0.25, 0.3) is 5.91 Å². The Morgan fingerprint density at radius 1 is 1.33 bits per heavy atom. The van der Waals surface area contributed by atoms with E-state index in [2.05, 4.69) is 29.0 Å². The van der Waals surface area contributed by atoms with Crippen LogP contribution < -0.4 is 16.0 Å². The molecule has 1 aromatic heterocycles. The van der Waals surface area contributed by atoms with Gasteiger partial charge >= 0.3 is 0 Å². The Kier molecular flexibility index (Phi) is 3.82. The average molecular weight is 308 g/mol. The molecule has 21 heavy (non-hydrogen) atoms. The average Bonchev–Trinajstić information content (AvgIpc) is 2.97. The second-order valence-corrected chi connectivity index (χ2v) is 7.81. The predicted molar refractivity (Wildman–Crippen MR) is 86.9 cm³/mol. The van der Waals surface area contributed by atoms with Crippen molar-refractivity contribution < 1.29 is 4.79 Å². The molecule has 0 bridgehead atoms. The van der Waals surface area contributed by atoms with Crippen LogP contribution in [0.1, 0.15) is 55.6 Å². The molecule has 2 fully saturated rings. The summed E-state index contributed by atoms with van der Waals surface area (Å²) in [7, 11) is 0. The fraction of sp³-hybridized carbons (Fsp3) is 0.733. The van der Waals surface area contributed by atoms with E-state index in [9.17, 15) is 4.79 Å². The highest BCUT2D eigenvalue weighted by molar-refractivity contribution is 7.18. The SMILES string of the molecule is CC1(C)CC1NC(=O)c1sc(N2CCCCCC2)nc1N. The summed E-state index contributed by atoms with van der Waals surface area (Å²) < 4.78 is 0. The molecule has 0 aromatic carbocycles. The van der Waals surface area contributed by atoms with E-state index in [0.717, 1.165) is 24.6 Å². The van der Waals surface area contributed by atoms with Crippen LogP contribution in [0.15, 0.2) is 0 Å². The number of nitrogens with zero attached hydrogens (tertiary/aromatic N) is 2. The highest BCUT2D eigenvalue weighted by atomic mass is 32.1. The van der Waals surface area contributed by atoms with E-state index >= 15 is 0 Å². The van der Waals surface area contributed by atoms with Crippen LogP contribution in [0.3, 0.4) is 0 Å². The molecule has 1 saturated carbocycles. The van der Waals surface area contributed by atoms with Gasteiger partial charge in [-0.05, 0) is 24.7 Å². The molecular formula is C15H24N4OS. The summed E-state index contributed by atoms with van der Waals surface area (Å²) >= 11 is 1.43. The van der Waals surface area contributed by atoms with Crippen LogP contribution in [0.5, 0.6) is 0 Å². The van der Waals surface area contributed by atoms with Gasteiger partial charge in [0.2, 0.25) is 0 Å². The summed E-state index contributed by atoms with van der Waals surface area (Å²) in [6.45, 7) is 6.36. The zero-order chi connectivity index (χ0) is 15.0. The zero-order valence-corrected chi connectivity index (χ0v) is 13.6. The molecule has 0 radical (unpaired) electrons. The number of hydrogen-bond acceptors (Lipinski definition) is 5. The lowest BCUT2D eigenvalue weighted by Gasteiger charge is -2.18. The van der Waals surface area contributed by atoms with Crippen molar-refractivity contribution >= 4 is 28.2 Å². The van der Waals surface area contributed by atoms with E-state index in [4.69, 9.17) is 5.73 Å². The minimum Gasteiger partial charge on any atom is -0.382 e. The molecule has 3 rings (SSSR count). The maximum absolute atomic E-state index is 12.3. The molecule has 2 aliphatic rings. The molecule has 1 aromatic rings.